The molecule has 4 aromatic carbocycles. The molecule has 14 nitrogen and oxygen atoms in total. The maximum Gasteiger partial charge on any atom is 0.259 e. The number of carbonyl (C=O) groups excluding carboxylic acids is 1. The molecule has 0 bridgehead atoms. The van der Waals surface area contributed by atoms with E-state index < -0.39 is 38.7 Å². The van der Waals surface area contributed by atoms with Crippen LogP contribution in [0.1, 0.15) is 85.7 Å². The monoisotopic (exact) mass is 859 g/mol. The minimum absolute atomic E-state index is 0.0825. The van der Waals surface area contributed by atoms with Gasteiger partial charge in [0.15, 0.2) is 6.17 Å². The lowest BCUT2D eigenvalue weighted by atomic mass is 9.80. The van der Waals surface area contributed by atoms with Gasteiger partial charge in [-0.3, -0.25) is 9.36 Å². The topological polar surface area (TPSA) is 154 Å². The third kappa shape index (κ3) is 9.69. The summed E-state index contributed by atoms with van der Waals surface area (Å²) >= 11 is 0. The van der Waals surface area contributed by atoms with E-state index in [0.717, 1.165) is 28.2 Å². The van der Waals surface area contributed by atoms with E-state index in [1.807, 2.05) is 89.5 Å². The number of amides is 1. The van der Waals surface area contributed by atoms with E-state index in [1.165, 1.54) is 0 Å². The molecular weight excluding hydrogens is 806 g/mol. The van der Waals surface area contributed by atoms with Crippen LogP contribution in [0.15, 0.2) is 121 Å². The lowest BCUT2D eigenvalue weighted by molar-refractivity contribution is -0.0914. The van der Waals surface area contributed by atoms with Crippen LogP contribution >= 0.6 is 8.53 Å². The Labute approximate surface area is 364 Å². The zero-order valence-electron chi connectivity index (χ0n) is 35.9. The standard InChI is InChI=1S/C47H54N7O7P/c1-32(2)54(33(3)4)62(59-27-13-26-48)61-40-28-42(53-31-51-43-44(49-30-50-45(43)53)52-46(55)34-14-9-7-10-15-34)60-41(40)29-58-47(35-16-11-8-12-17-35,36-18-22-38(56-5)23-19-36)37-20-24-39(57-6)25-21-37/h7-12,14-25,30-33,40-42,44H,13,27-29H2,1-6H3,(H,49,50)(H,52,55)/t40-,41+,42+,44?,62?/m0/s1. The van der Waals surface area contributed by atoms with Crippen LogP contribution in [-0.4, -0.2) is 78.2 Å². The summed E-state index contributed by atoms with van der Waals surface area (Å²) in [7, 11) is 1.64. The summed E-state index contributed by atoms with van der Waals surface area (Å²) in [6.07, 6.45) is 1.45. The Morgan fingerprint density at radius 2 is 1.52 bits per heavy atom. The van der Waals surface area contributed by atoms with Gasteiger partial charge in [0.2, 0.25) is 0 Å². The first-order chi connectivity index (χ1) is 30.2. The fraction of sp³-hybridized carbons (Fsp3) is 0.362. The maximum atomic E-state index is 13.2. The molecule has 0 radical (unpaired) electrons. The second kappa shape index (κ2) is 20.5. The van der Waals surface area contributed by atoms with E-state index in [2.05, 4.69) is 66.2 Å². The fourth-order valence-electron chi connectivity index (χ4n) is 7.91. The van der Waals surface area contributed by atoms with Gasteiger partial charge in [-0.2, -0.15) is 5.26 Å². The van der Waals surface area contributed by atoms with E-state index in [9.17, 15) is 10.1 Å². The molecule has 2 N–H and O–H groups in total. The number of carbonyl (C=O) groups is 1. The molecule has 3 heterocycles. The highest BCUT2D eigenvalue weighted by atomic mass is 31.2. The van der Waals surface area contributed by atoms with Gasteiger partial charge in [-0.15, -0.1) is 0 Å². The van der Waals surface area contributed by atoms with Gasteiger partial charge in [0.05, 0.1) is 58.7 Å². The fourth-order valence-corrected chi connectivity index (χ4v) is 9.67. The number of aromatic nitrogens is 2. The number of aliphatic imine (C=N–C) groups is 1. The molecule has 1 aromatic heterocycles. The highest BCUT2D eigenvalue weighted by molar-refractivity contribution is 7.44. The molecule has 15 heteroatoms. The Balaban J connectivity index is 1.26. The number of methoxy groups -OCH3 is 2. The molecule has 5 aromatic rings. The molecule has 2 aliphatic rings. The van der Waals surface area contributed by atoms with Crippen molar-refractivity contribution >= 4 is 26.6 Å². The van der Waals surface area contributed by atoms with Gasteiger partial charge < -0.3 is 38.6 Å². The Bertz CT molecular complexity index is 2230. The van der Waals surface area contributed by atoms with E-state index in [-0.39, 0.29) is 37.6 Å². The van der Waals surface area contributed by atoms with Gasteiger partial charge in [-0.1, -0.05) is 72.8 Å². The highest BCUT2D eigenvalue weighted by Crippen LogP contribution is 2.51. The van der Waals surface area contributed by atoms with Crippen LogP contribution in [0.5, 0.6) is 11.5 Å². The smallest absolute Gasteiger partial charge is 0.259 e. The van der Waals surface area contributed by atoms with Crippen molar-refractivity contribution in [3.63, 3.8) is 0 Å². The maximum absolute atomic E-state index is 13.2. The lowest BCUT2D eigenvalue weighted by Gasteiger charge is -2.39. The Kier molecular flexibility index (Phi) is 14.7. The third-order valence-electron chi connectivity index (χ3n) is 10.8. The van der Waals surface area contributed by atoms with Gasteiger partial charge >= 0.3 is 0 Å². The van der Waals surface area contributed by atoms with E-state index in [4.69, 9.17) is 33.0 Å². The van der Waals surface area contributed by atoms with Crippen molar-refractivity contribution in [1.29, 1.82) is 5.26 Å². The predicted molar refractivity (Wildman–Crippen MR) is 238 cm³/mol. The number of imidazole rings is 1. The molecule has 62 heavy (non-hydrogen) atoms. The molecule has 0 saturated carbocycles. The van der Waals surface area contributed by atoms with Gasteiger partial charge in [0.25, 0.3) is 14.4 Å². The normalized spacial score (nSPS) is 18.9. The largest absolute Gasteiger partial charge is 0.497 e. The van der Waals surface area contributed by atoms with Crippen molar-refractivity contribution in [2.24, 2.45) is 4.99 Å². The number of nitrogens with one attached hydrogen (secondary N) is 2. The van der Waals surface area contributed by atoms with Crippen LogP contribution in [0.25, 0.3) is 0 Å². The number of anilines is 1. The minimum atomic E-state index is -1.65. The number of nitrogens with zero attached hydrogens (tertiary/aromatic N) is 5. The van der Waals surface area contributed by atoms with Crippen molar-refractivity contribution < 1.29 is 32.8 Å². The van der Waals surface area contributed by atoms with Crippen molar-refractivity contribution in [3.8, 4) is 17.6 Å². The number of nitriles is 1. The second-order valence-electron chi connectivity index (χ2n) is 15.4. The quantitative estimate of drug-likeness (QED) is 0.0466. The minimum Gasteiger partial charge on any atom is -0.497 e. The summed E-state index contributed by atoms with van der Waals surface area (Å²) in [5, 5.41) is 15.7. The average Bonchev–Trinajstić information content (AvgIpc) is 3.92. The second-order valence-corrected chi connectivity index (χ2v) is 16.8. The van der Waals surface area contributed by atoms with Crippen LogP contribution < -0.4 is 20.1 Å². The molecule has 1 saturated heterocycles. The number of hydrogen-bond acceptors (Lipinski definition) is 12. The molecule has 2 unspecified atom stereocenters. The number of rotatable bonds is 19. The first-order valence-electron chi connectivity index (χ1n) is 20.8. The van der Waals surface area contributed by atoms with Crippen LogP contribution in [0.4, 0.5) is 5.82 Å². The first kappa shape index (κ1) is 44.4. The van der Waals surface area contributed by atoms with Gasteiger partial charge in [0, 0.05) is 24.1 Å². The number of benzene rings is 4. The van der Waals surface area contributed by atoms with Gasteiger partial charge in [-0.05, 0) is 80.8 Å². The zero-order valence-corrected chi connectivity index (χ0v) is 36.8. The molecule has 1 amide bonds. The summed E-state index contributed by atoms with van der Waals surface area (Å²) in [4.78, 5) is 22.5. The Morgan fingerprint density at radius 3 is 2.10 bits per heavy atom. The van der Waals surface area contributed by atoms with E-state index >= 15 is 0 Å². The number of hydrogen-bond donors (Lipinski definition) is 2. The predicted octanol–water partition coefficient (Wildman–Crippen LogP) is 8.74. The van der Waals surface area contributed by atoms with Crippen molar-refractivity contribution in [1.82, 2.24) is 19.5 Å². The highest BCUT2D eigenvalue weighted by Gasteiger charge is 2.45. The van der Waals surface area contributed by atoms with Crippen molar-refractivity contribution in [3.05, 3.63) is 143 Å². The SMILES string of the molecule is COc1ccc(C(OC[C@H]2O[C@@H](n3cnc4c3NC=NC4NC(=O)c3ccccc3)C[C@@H]2OP(OCCC#N)N(C(C)C)C(C)C)(c2ccccc2)c2ccc(OC)cc2)cc1. The molecule has 5 atom stereocenters. The molecule has 324 valence electrons. The summed E-state index contributed by atoms with van der Waals surface area (Å²) in [6, 6.07) is 37.3. The molecule has 1 fully saturated rings. The van der Waals surface area contributed by atoms with Crippen LogP contribution in [0, 0.1) is 11.3 Å². The molecule has 2 aliphatic heterocycles. The molecule has 7 rings (SSSR count). The summed E-state index contributed by atoms with van der Waals surface area (Å²) in [6.45, 7) is 8.75. The first-order valence-corrected chi connectivity index (χ1v) is 21.9. The van der Waals surface area contributed by atoms with Gasteiger partial charge in [0.1, 0.15) is 40.9 Å². The molecular formula is C47H54N7O7P. The molecule has 0 spiro atoms. The molecule has 0 aliphatic carbocycles. The summed E-state index contributed by atoms with van der Waals surface area (Å²) in [5.41, 5.74) is 2.62. The third-order valence-corrected chi connectivity index (χ3v) is 13.0. The van der Waals surface area contributed by atoms with Crippen LogP contribution in [0.2, 0.25) is 0 Å². The van der Waals surface area contributed by atoms with Crippen molar-refractivity contribution in [2.45, 2.75) is 82.8 Å². The lowest BCUT2D eigenvalue weighted by Crippen LogP contribution is -2.39. The van der Waals surface area contributed by atoms with Gasteiger partial charge in [-0.25, -0.2) is 14.6 Å². The Hall–Kier alpha value is -5.65. The zero-order chi connectivity index (χ0) is 43.6. The van der Waals surface area contributed by atoms with Crippen LogP contribution in [-0.2, 0) is 24.1 Å². The average molecular weight is 860 g/mol. The summed E-state index contributed by atoms with van der Waals surface area (Å²) in [5.74, 6) is 1.81. The number of fused-ring (bicyclic) bond motifs is 1. The van der Waals surface area contributed by atoms with Crippen molar-refractivity contribution in [2.75, 3.05) is 32.8 Å². The van der Waals surface area contributed by atoms with E-state index in [1.54, 1.807) is 39.0 Å². The van der Waals surface area contributed by atoms with Crippen LogP contribution in [0.3, 0.4) is 0 Å². The van der Waals surface area contributed by atoms with E-state index in [0.29, 0.717) is 23.5 Å². The Morgan fingerprint density at radius 1 is 0.919 bits per heavy atom. The summed E-state index contributed by atoms with van der Waals surface area (Å²) < 4.78 is 43.1. The number of ether oxygens (including phenoxy) is 4.